The van der Waals surface area contributed by atoms with Crippen LogP contribution in [0.1, 0.15) is 5.56 Å². The van der Waals surface area contributed by atoms with E-state index in [9.17, 15) is 8.78 Å². The van der Waals surface area contributed by atoms with Crippen molar-refractivity contribution in [2.24, 2.45) is 0 Å². The molecule has 1 aromatic heterocycles. The van der Waals surface area contributed by atoms with E-state index in [1.165, 1.54) is 12.3 Å². The van der Waals surface area contributed by atoms with Crippen LogP contribution in [0.25, 0.3) is 0 Å². The highest BCUT2D eigenvalue weighted by Crippen LogP contribution is 2.25. The molecule has 6 heteroatoms. The molecule has 0 aliphatic heterocycles. The van der Waals surface area contributed by atoms with Crippen molar-refractivity contribution in [3.8, 4) is 17.7 Å². The molecular weight excluding hydrogens is 228 g/mol. The van der Waals surface area contributed by atoms with E-state index in [-0.39, 0.29) is 17.2 Å². The maximum absolute atomic E-state index is 13.3. The normalized spacial score (nSPS) is 9.71. The molecule has 0 amide bonds. The van der Waals surface area contributed by atoms with Gasteiger partial charge in [0.2, 0.25) is 0 Å². The average molecular weight is 233 g/mol. The van der Waals surface area contributed by atoms with Crippen molar-refractivity contribution in [2.75, 3.05) is 0 Å². The summed E-state index contributed by atoms with van der Waals surface area (Å²) >= 11 is 0. The van der Waals surface area contributed by atoms with Gasteiger partial charge < -0.3 is 4.74 Å². The van der Waals surface area contributed by atoms with Crippen LogP contribution in [-0.2, 0) is 0 Å². The van der Waals surface area contributed by atoms with E-state index in [1.54, 1.807) is 6.07 Å². The first-order chi connectivity index (χ1) is 8.20. The largest absolute Gasteiger partial charge is 0.433 e. The van der Waals surface area contributed by atoms with Gasteiger partial charge in [0.25, 0.3) is 5.88 Å². The van der Waals surface area contributed by atoms with Crippen LogP contribution in [0.2, 0.25) is 0 Å². The van der Waals surface area contributed by atoms with E-state index >= 15 is 0 Å². The Hall–Kier alpha value is -2.55. The quantitative estimate of drug-likeness (QED) is 0.799. The minimum atomic E-state index is -0.749. The highest BCUT2D eigenvalue weighted by molar-refractivity contribution is 5.39. The van der Waals surface area contributed by atoms with E-state index in [0.29, 0.717) is 0 Å². The van der Waals surface area contributed by atoms with Crippen LogP contribution in [0.15, 0.2) is 30.5 Å². The third-order valence-corrected chi connectivity index (χ3v) is 1.91. The third kappa shape index (κ3) is 2.34. The molecule has 1 heterocycles. The van der Waals surface area contributed by atoms with Crippen molar-refractivity contribution in [2.45, 2.75) is 0 Å². The van der Waals surface area contributed by atoms with Crippen LogP contribution in [0.3, 0.4) is 0 Å². The van der Waals surface area contributed by atoms with Gasteiger partial charge >= 0.3 is 0 Å². The molecule has 0 fully saturated rings. The van der Waals surface area contributed by atoms with E-state index in [4.69, 9.17) is 10.00 Å². The zero-order valence-corrected chi connectivity index (χ0v) is 8.39. The Kier molecular flexibility index (Phi) is 2.92. The number of hydrogen-bond donors (Lipinski definition) is 0. The average Bonchev–Trinajstić information content (AvgIpc) is 2.34. The predicted octanol–water partition coefficient (Wildman–Crippen LogP) is 2.42. The first-order valence-corrected chi connectivity index (χ1v) is 4.55. The summed E-state index contributed by atoms with van der Waals surface area (Å²) in [5.74, 6) is -1.91. The summed E-state index contributed by atoms with van der Waals surface area (Å²) in [6, 6.07) is 5.92. The maximum Gasteiger partial charge on any atom is 0.257 e. The highest BCUT2D eigenvalue weighted by Gasteiger charge is 2.10. The van der Waals surface area contributed by atoms with Gasteiger partial charge in [0, 0.05) is 6.07 Å². The lowest BCUT2D eigenvalue weighted by molar-refractivity contribution is 0.416. The SMILES string of the molecule is N#Cc1ccnnc1Oc1cc(F)ccc1F. The summed E-state index contributed by atoms with van der Waals surface area (Å²) in [6.45, 7) is 0. The van der Waals surface area contributed by atoms with Crippen LogP contribution in [-0.4, -0.2) is 10.2 Å². The molecule has 0 radical (unpaired) electrons. The Balaban J connectivity index is 2.38. The Bertz CT molecular complexity index is 596. The fourth-order valence-corrected chi connectivity index (χ4v) is 1.14. The molecule has 0 saturated heterocycles. The number of aromatic nitrogens is 2. The molecule has 0 atom stereocenters. The van der Waals surface area contributed by atoms with Crippen molar-refractivity contribution in [3.63, 3.8) is 0 Å². The van der Waals surface area contributed by atoms with Crippen molar-refractivity contribution in [3.05, 3.63) is 47.7 Å². The van der Waals surface area contributed by atoms with Crippen LogP contribution in [0, 0.1) is 23.0 Å². The lowest BCUT2D eigenvalue weighted by atomic mass is 10.3. The number of halogens is 2. The number of hydrogen-bond acceptors (Lipinski definition) is 4. The summed E-state index contributed by atoms with van der Waals surface area (Å²) in [6.07, 6.45) is 1.30. The second-order valence-corrected chi connectivity index (χ2v) is 3.04. The second-order valence-electron chi connectivity index (χ2n) is 3.04. The number of nitrogens with zero attached hydrogens (tertiary/aromatic N) is 3. The molecule has 0 bridgehead atoms. The van der Waals surface area contributed by atoms with E-state index in [2.05, 4.69) is 10.2 Å². The Labute approximate surface area is 95.1 Å². The highest BCUT2D eigenvalue weighted by atomic mass is 19.1. The summed E-state index contributed by atoms with van der Waals surface area (Å²) in [4.78, 5) is 0. The first-order valence-electron chi connectivity index (χ1n) is 4.55. The van der Waals surface area contributed by atoms with Crippen molar-refractivity contribution < 1.29 is 13.5 Å². The van der Waals surface area contributed by atoms with E-state index in [0.717, 1.165) is 18.2 Å². The molecule has 0 aliphatic rings. The Morgan fingerprint density at radius 3 is 2.82 bits per heavy atom. The van der Waals surface area contributed by atoms with Crippen LogP contribution in [0.5, 0.6) is 11.6 Å². The van der Waals surface area contributed by atoms with Gasteiger partial charge in [-0.3, -0.25) is 0 Å². The number of nitriles is 1. The molecule has 0 aliphatic carbocycles. The molecule has 84 valence electrons. The fourth-order valence-electron chi connectivity index (χ4n) is 1.14. The summed E-state index contributed by atoms with van der Waals surface area (Å²) in [7, 11) is 0. The Morgan fingerprint density at radius 2 is 2.06 bits per heavy atom. The van der Waals surface area contributed by atoms with Crippen molar-refractivity contribution in [1.82, 2.24) is 10.2 Å². The van der Waals surface area contributed by atoms with Crippen molar-refractivity contribution >= 4 is 0 Å². The molecule has 0 unspecified atom stereocenters. The van der Waals surface area contributed by atoms with Gasteiger partial charge in [-0.2, -0.15) is 10.4 Å². The topological polar surface area (TPSA) is 58.8 Å². The van der Waals surface area contributed by atoms with E-state index < -0.39 is 11.6 Å². The zero-order chi connectivity index (χ0) is 12.3. The van der Waals surface area contributed by atoms with Gasteiger partial charge in [0.1, 0.15) is 17.4 Å². The third-order valence-electron chi connectivity index (χ3n) is 1.91. The summed E-state index contributed by atoms with van der Waals surface area (Å²) in [5, 5.41) is 15.8. The first kappa shape index (κ1) is 11.0. The molecule has 1 aromatic carbocycles. The summed E-state index contributed by atoms with van der Waals surface area (Å²) in [5.41, 5.74) is 0.0867. The monoisotopic (exact) mass is 233 g/mol. The fraction of sp³-hybridized carbons (Fsp3) is 0. The lowest BCUT2D eigenvalue weighted by Crippen LogP contribution is -1.96. The molecule has 0 spiro atoms. The second kappa shape index (κ2) is 4.53. The minimum absolute atomic E-state index is 0.0867. The van der Waals surface area contributed by atoms with Gasteiger partial charge in [0.15, 0.2) is 11.6 Å². The number of benzene rings is 1. The zero-order valence-electron chi connectivity index (χ0n) is 8.39. The molecule has 17 heavy (non-hydrogen) atoms. The minimum Gasteiger partial charge on any atom is -0.433 e. The molecule has 2 aromatic rings. The van der Waals surface area contributed by atoms with Crippen LogP contribution in [0.4, 0.5) is 8.78 Å². The van der Waals surface area contributed by atoms with Gasteiger partial charge in [-0.25, -0.2) is 8.78 Å². The van der Waals surface area contributed by atoms with Crippen LogP contribution >= 0.6 is 0 Å². The van der Waals surface area contributed by atoms with Gasteiger partial charge in [-0.05, 0) is 18.2 Å². The molecule has 2 rings (SSSR count). The van der Waals surface area contributed by atoms with E-state index in [1.807, 2.05) is 0 Å². The Morgan fingerprint density at radius 1 is 1.24 bits per heavy atom. The molecular formula is C11H5F2N3O. The molecule has 0 saturated carbocycles. The number of ether oxygens (including phenoxy) is 1. The molecule has 4 nitrogen and oxygen atoms in total. The summed E-state index contributed by atoms with van der Waals surface area (Å²) < 4.78 is 31.2. The maximum atomic E-state index is 13.3. The van der Waals surface area contributed by atoms with Gasteiger partial charge in [-0.1, -0.05) is 0 Å². The standard InChI is InChI=1S/C11H5F2N3O/c12-8-1-2-9(13)10(5-8)17-11-7(6-14)3-4-15-16-11/h1-5H. The van der Waals surface area contributed by atoms with Gasteiger partial charge in [0.05, 0.1) is 6.20 Å². The predicted molar refractivity (Wildman–Crippen MR) is 53.2 cm³/mol. The van der Waals surface area contributed by atoms with Crippen LogP contribution < -0.4 is 4.74 Å². The smallest absolute Gasteiger partial charge is 0.257 e. The van der Waals surface area contributed by atoms with Crippen molar-refractivity contribution in [1.29, 1.82) is 5.26 Å². The lowest BCUT2D eigenvalue weighted by Gasteiger charge is -2.05. The number of rotatable bonds is 2. The molecule has 0 N–H and O–H groups in total. The van der Waals surface area contributed by atoms with Gasteiger partial charge in [-0.15, -0.1) is 5.10 Å².